The maximum absolute atomic E-state index is 4.39. The van der Waals surface area contributed by atoms with Gasteiger partial charge < -0.3 is 9.91 Å². The Morgan fingerprint density at radius 3 is 2.13 bits per heavy atom. The van der Waals surface area contributed by atoms with Gasteiger partial charge in [0.15, 0.2) is 0 Å². The molecule has 0 N–H and O–H groups in total. The van der Waals surface area contributed by atoms with Crippen molar-refractivity contribution in [3.63, 3.8) is 0 Å². The van der Waals surface area contributed by atoms with Crippen molar-refractivity contribution in [2.45, 2.75) is 38.1 Å². The van der Waals surface area contributed by atoms with Crippen molar-refractivity contribution in [2.75, 3.05) is 28.2 Å². The maximum atomic E-state index is 4.39. The first-order chi connectivity index (χ1) is 7.11. The quantitative estimate of drug-likeness (QED) is 0.523. The Morgan fingerprint density at radius 1 is 1.07 bits per heavy atom. The molecule has 0 aromatic heterocycles. The molecule has 0 saturated heterocycles. The Labute approximate surface area is 94.1 Å². The van der Waals surface area contributed by atoms with Crippen LogP contribution in [0.3, 0.4) is 0 Å². The van der Waals surface area contributed by atoms with Crippen LogP contribution in [0, 0.1) is 5.92 Å². The molecule has 0 amide bonds. The summed E-state index contributed by atoms with van der Waals surface area (Å²) >= 11 is 0. The van der Waals surface area contributed by atoms with E-state index in [0.29, 0.717) is 6.04 Å². The van der Waals surface area contributed by atoms with E-state index >= 15 is 0 Å². The van der Waals surface area contributed by atoms with Crippen LogP contribution in [0.15, 0.2) is 5.10 Å². The van der Waals surface area contributed by atoms with Crippen molar-refractivity contribution in [2.24, 2.45) is 11.0 Å². The SMILES string of the molecule is CN(C)N=CC(C1CCCCC1)N(C)C. The molecular formula is C12H25N3. The molecule has 0 aromatic carbocycles. The summed E-state index contributed by atoms with van der Waals surface area (Å²) in [5.74, 6) is 0.803. The molecule has 88 valence electrons. The predicted molar refractivity (Wildman–Crippen MR) is 66.2 cm³/mol. The Morgan fingerprint density at radius 2 is 1.67 bits per heavy atom. The Hall–Kier alpha value is -0.570. The van der Waals surface area contributed by atoms with Crippen LogP contribution in [0.25, 0.3) is 0 Å². The van der Waals surface area contributed by atoms with Gasteiger partial charge in [0.05, 0.1) is 0 Å². The zero-order valence-electron chi connectivity index (χ0n) is 10.6. The number of hydrogen-bond donors (Lipinski definition) is 0. The predicted octanol–water partition coefficient (Wildman–Crippen LogP) is 2.04. The first kappa shape index (κ1) is 12.5. The van der Waals surface area contributed by atoms with Gasteiger partial charge in [-0.1, -0.05) is 19.3 Å². The summed E-state index contributed by atoms with van der Waals surface area (Å²) in [5.41, 5.74) is 0. The average Bonchev–Trinajstić information content (AvgIpc) is 2.18. The minimum atomic E-state index is 0.507. The smallest absolute Gasteiger partial charge is 0.0491 e. The van der Waals surface area contributed by atoms with E-state index in [1.54, 1.807) is 0 Å². The fraction of sp³-hybridized carbons (Fsp3) is 0.917. The highest BCUT2D eigenvalue weighted by Gasteiger charge is 2.23. The molecule has 1 unspecified atom stereocenters. The van der Waals surface area contributed by atoms with Gasteiger partial charge in [-0.15, -0.1) is 0 Å². The molecule has 1 aliphatic rings. The topological polar surface area (TPSA) is 18.8 Å². The van der Waals surface area contributed by atoms with E-state index in [9.17, 15) is 0 Å². The van der Waals surface area contributed by atoms with Gasteiger partial charge in [0.2, 0.25) is 0 Å². The summed E-state index contributed by atoms with van der Waals surface area (Å²) in [6.07, 6.45) is 9.04. The molecule has 0 heterocycles. The minimum absolute atomic E-state index is 0.507. The zero-order chi connectivity index (χ0) is 11.3. The van der Waals surface area contributed by atoms with Crippen LogP contribution >= 0.6 is 0 Å². The van der Waals surface area contributed by atoms with Crippen molar-refractivity contribution < 1.29 is 0 Å². The lowest BCUT2D eigenvalue weighted by Gasteiger charge is -2.32. The van der Waals surface area contributed by atoms with Gasteiger partial charge in [0, 0.05) is 26.4 Å². The zero-order valence-corrected chi connectivity index (χ0v) is 10.6. The standard InChI is InChI=1S/C12H25N3/c1-14(2)12(10-13-15(3)4)11-8-6-5-7-9-11/h10-12H,5-9H2,1-4H3. The molecule has 0 spiro atoms. The van der Waals surface area contributed by atoms with E-state index in [0.717, 1.165) is 5.92 Å². The molecule has 0 bridgehead atoms. The second-order valence-electron chi connectivity index (χ2n) is 4.96. The van der Waals surface area contributed by atoms with Gasteiger partial charge in [-0.25, -0.2) is 0 Å². The first-order valence-electron chi connectivity index (χ1n) is 5.99. The number of nitrogens with zero attached hydrogens (tertiary/aromatic N) is 3. The van der Waals surface area contributed by atoms with Crippen molar-refractivity contribution in [1.29, 1.82) is 0 Å². The molecule has 1 atom stereocenters. The molecule has 1 saturated carbocycles. The Bertz CT molecular complexity index is 193. The van der Waals surface area contributed by atoms with Gasteiger partial charge >= 0.3 is 0 Å². The molecule has 1 rings (SSSR count). The van der Waals surface area contributed by atoms with Crippen LogP contribution in [0.2, 0.25) is 0 Å². The van der Waals surface area contributed by atoms with Gasteiger partial charge in [-0.2, -0.15) is 5.10 Å². The van der Waals surface area contributed by atoms with E-state index in [1.165, 1.54) is 32.1 Å². The molecule has 1 aliphatic carbocycles. The van der Waals surface area contributed by atoms with Crippen molar-refractivity contribution in [3.05, 3.63) is 0 Å². The maximum Gasteiger partial charge on any atom is 0.0491 e. The highest BCUT2D eigenvalue weighted by atomic mass is 15.4. The summed E-state index contributed by atoms with van der Waals surface area (Å²) in [6.45, 7) is 0. The molecule has 3 nitrogen and oxygen atoms in total. The molecule has 0 radical (unpaired) electrons. The molecule has 1 fully saturated rings. The third kappa shape index (κ3) is 4.20. The van der Waals surface area contributed by atoms with E-state index in [-0.39, 0.29) is 0 Å². The fourth-order valence-corrected chi connectivity index (χ4v) is 2.35. The van der Waals surface area contributed by atoms with Crippen LogP contribution in [0.4, 0.5) is 0 Å². The summed E-state index contributed by atoms with van der Waals surface area (Å²) in [5, 5.41) is 6.26. The lowest BCUT2D eigenvalue weighted by atomic mass is 9.84. The molecule has 0 aliphatic heterocycles. The normalized spacial score (nSPS) is 21.1. The molecule has 3 heteroatoms. The van der Waals surface area contributed by atoms with E-state index in [2.05, 4.69) is 30.3 Å². The largest absolute Gasteiger partial charge is 0.303 e. The van der Waals surface area contributed by atoms with Crippen molar-refractivity contribution >= 4 is 6.21 Å². The van der Waals surface area contributed by atoms with Crippen molar-refractivity contribution in [1.82, 2.24) is 9.91 Å². The van der Waals surface area contributed by atoms with Crippen LogP contribution in [-0.2, 0) is 0 Å². The highest BCUT2D eigenvalue weighted by molar-refractivity contribution is 5.64. The lowest BCUT2D eigenvalue weighted by molar-refractivity contribution is 0.223. The molecule has 15 heavy (non-hydrogen) atoms. The monoisotopic (exact) mass is 211 g/mol. The second-order valence-corrected chi connectivity index (χ2v) is 4.96. The average molecular weight is 211 g/mol. The Kier molecular flexibility index (Phi) is 5.09. The Balaban J connectivity index is 2.55. The van der Waals surface area contributed by atoms with Gasteiger partial charge in [0.25, 0.3) is 0 Å². The van der Waals surface area contributed by atoms with Crippen LogP contribution < -0.4 is 0 Å². The van der Waals surface area contributed by atoms with E-state index in [4.69, 9.17) is 0 Å². The van der Waals surface area contributed by atoms with Gasteiger partial charge in [-0.3, -0.25) is 0 Å². The summed E-state index contributed by atoms with van der Waals surface area (Å²) in [4.78, 5) is 2.29. The van der Waals surface area contributed by atoms with Crippen LogP contribution in [0.5, 0.6) is 0 Å². The van der Waals surface area contributed by atoms with Crippen LogP contribution in [0.1, 0.15) is 32.1 Å². The highest BCUT2D eigenvalue weighted by Crippen LogP contribution is 2.27. The number of hydrazone groups is 1. The molecule has 0 aromatic rings. The third-order valence-corrected chi connectivity index (χ3v) is 3.18. The fourth-order valence-electron chi connectivity index (χ4n) is 2.35. The van der Waals surface area contributed by atoms with E-state index < -0.39 is 0 Å². The van der Waals surface area contributed by atoms with Crippen molar-refractivity contribution in [3.8, 4) is 0 Å². The first-order valence-corrected chi connectivity index (χ1v) is 5.99. The number of hydrogen-bond acceptors (Lipinski definition) is 3. The third-order valence-electron chi connectivity index (χ3n) is 3.18. The summed E-state index contributed by atoms with van der Waals surface area (Å²) in [6, 6.07) is 0.507. The second kappa shape index (κ2) is 6.11. The summed E-state index contributed by atoms with van der Waals surface area (Å²) in [7, 11) is 8.26. The van der Waals surface area contributed by atoms with E-state index in [1.807, 2.05) is 19.1 Å². The lowest BCUT2D eigenvalue weighted by Crippen LogP contribution is -2.38. The van der Waals surface area contributed by atoms with Crippen LogP contribution in [-0.4, -0.2) is 50.4 Å². The number of rotatable bonds is 4. The van der Waals surface area contributed by atoms with Gasteiger partial charge in [-0.05, 0) is 32.9 Å². The minimum Gasteiger partial charge on any atom is -0.303 e. The van der Waals surface area contributed by atoms with Gasteiger partial charge in [0.1, 0.15) is 0 Å². The summed E-state index contributed by atoms with van der Waals surface area (Å²) < 4.78 is 0. The molecular weight excluding hydrogens is 186 g/mol.